The minimum absolute atomic E-state index is 0.108. The van der Waals surface area contributed by atoms with Crippen LogP contribution in [-0.2, 0) is 4.79 Å². The fourth-order valence-electron chi connectivity index (χ4n) is 2.80. The van der Waals surface area contributed by atoms with Crippen LogP contribution in [-0.4, -0.2) is 43.0 Å². The maximum Gasteiger partial charge on any atom is 0.264 e. The second kappa shape index (κ2) is 6.83. The van der Waals surface area contributed by atoms with Crippen LogP contribution in [0, 0.1) is 0 Å². The lowest BCUT2D eigenvalue weighted by molar-refractivity contribution is -0.124. The lowest BCUT2D eigenvalue weighted by Crippen LogP contribution is -2.57. The van der Waals surface area contributed by atoms with Gasteiger partial charge in [0.25, 0.3) is 5.91 Å². The van der Waals surface area contributed by atoms with Crippen molar-refractivity contribution in [2.24, 2.45) is 0 Å². The number of halogens is 1. The molecule has 2 heterocycles. The van der Waals surface area contributed by atoms with E-state index in [2.05, 4.69) is 0 Å². The number of methoxy groups -OCH3 is 1. The maximum absolute atomic E-state index is 12.8. The summed E-state index contributed by atoms with van der Waals surface area (Å²) in [7, 11) is 1.55. The van der Waals surface area contributed by atoms with E-state index >= 15 is 0 Å². The van der Waals surface area contributed by atoms with Crippen LogP contribution in [0.1, 0.15) is 16.6 Å². The van der Waals surface area contributed by atoms with Crippen molar-refractivity contribution in [3.8, 4) is 5.75 Å². The maximum atomic E-state index is 12.8. The predicted molar refractivity (Wildman–Crippen MR) is 95.2 cm³/mol. The van der Waals surface area contributed by atoms with Crippen molar-refractivity contribution in [1.82, 2.24) is 4.90 Å². The van der Waals surface area contributed by atoms with Crippen molar-refractivity contribution >= 4 is 40.4 Å². The van der Waals surface area contributed by atoms with Crippen molar-refractivity contribution in [3.05, 3.63) is 45.6 Å². The van der Waals surface area contributed by atoms with Crippen LogP contribution in [0.25, 0.3) is 0 Å². The van der Waals surface area contributed by atoms with Gasteiger partial charge in [-0.15, -0.1) is 11.3 Å². The Morgan fingerprint density at radius 3 is 2.79 bits per heavy atom. The van der Waals surface area contributed by atoms with Crippen molar-refractivity contribution in [2.45, 2.75) is 13.0 Å². The minimum atomic E-state index is -0.544. The summed E-state index contributed by atoms with van der Waals surface area (Å²) in [6.45, 7) is 2.60. The topological polar surface area (TPSA) is 49.9 Å². The highest BCUT2D eigenvalue weighted by Gasteiger charge is 2.36. The van der Waals surface area contributed by atoms with Crippen LogP contribution < -0.4 is 9.64 Å². The summed E-state index contributed by atoms with van der Waals surface area (Å²) in [6, 6.07) is 8.22. The number of ether oxygens (including phenoxy) is 1. The molecule has 5 nitrogen and oxygen atoms in total. The Bertz CT molecular complexity index is 763. The van der Waals surface area contributed by atoms with Gasteiger partial charge in [-0.2, -0.15) is 0 Å². The highest BCUT2D eigenvalue weighted by atomic mass is 35.5. The first-order chi connectivity index (χ1) is 11.5. The highest BCUT2D eigenvalue weighted by molar-refractivity contribution is 7.12. The number of anilines is 1. The van der Waals surface area contributed by atoms with Gasteiger partial charge in [0, 0.05) is 18.1 Å². The van der Waals surface area contributed by atoms with Gasteiger partial charge in [0.2, 0.25) is 5.91 Å². The molecule has 1 aliphatic rings. The van der Waals surface area contributed by atoms with Gasteiger partial charge in [-0.1, -0.05) is 17.7 Å². The number of carbonyl (C=O) groups is 2. The standard InChI is InChI=1S/C17H17ClN2O3S/c1-11-16(21)20(13-10-12(18)5-6-14(13)23-2)8-7-19(11)17(22)15-4-3-9-24-15/h3-6,9-11H,7-8H2,1-2H3. The fraction of sp³-hybridized carbons (Fsp3) is 0.294. The number of thiophene rings is 1. The van der Waals surface area contributed by atoms with Gasteiger partial charge in [-0.25, -0.2) is 0 Å². The Morgan fingerprint density at radius 2 is 2.12 bits per heavy atom. The molecular weight excluding hydrogens is 348 g/mol. The van der Waals surface area contributed by atoms with E-state index in [1.165, 1.54) is 11.3 Å². The quantitative estimate of drug-likeness (QED) is 0.839. The van der Waals surface area contributed by atoms with Crippen molar-refractivity contribution < 1.29 is 14.3 Å². The number of amides is 2. The molecule has 0 N–H and O–H groups in total. The molecule has 1 saturated heterocycles. The molecule has 3 rings (SSSR count). The molecule has 0 radical (unpaired) electrons. The molecule has 1 aromatic heterocycles. The first-order valence-corrected chi connectivity index (χ1v) is 8.78. The summed E-state index contributed by atoms with van der Waals surface area (Å²) in [6.07, 6.45) is 0. The molecule has 0 bridgehead atoms. The Hall–Kier alpha value is -2.05. The number of hydrogen-bond acceptors (Lipinski definition) is 4. The monoisotopic (exact) mass is 364 g/mol. The summed E-state index contributed by atoms with van der Waals surface area (Å²) in [5.41, 5.74) is 0.630. The van der Waals surface area contributed by atoms with E-state index in [1.807, 2.05) is 11.4 Å². The van der Waals surface area contributed by atoms with Crippen LogP contribution in [0.15, 0.2) is 35.7 Å². The van der Waals surface area contributed by atoms with Gasteiger partial charge in [0.15, 0.2) is 0 Å². The lowest BCUT2D eigenvalue weighted by Gasteiger charge is -2.39. The zero-order chi connectivity index (χ0) is 17.3. The van der Waals surface area contributed by atoms with Crippen LogP contribution in [0.2, 0.25) is 5.02 Å². The summed E-state index contributed by atoms with van der Waals surface area (Å²) >= 11 is 7.45. The molecule has 24 heavy (non-hydrogen) atoms. The number of benzene rings is 1. The van der Waals surface area contributed by atoms with Crippen molar-refractivity contribution in [3.63, 3.8) is 0 Å². The summed E-state index contributed by atoms with van der Waals surface area (Å²) in [5.74, 6) is 0.327. The molecule has 2 amide bonds. The average molecular weight is 365 g/mol. The molecular formula is C17H17ClN2O3S. The Labute approximate surface area is 149 Å². The van der Waals surface area contributed by atoms with Gasteiger partial charge in [-0.3, -0.25) is 9.59 Å². The zero-order valence-corrected chi connectivity index (χ0v) is 14.9. The largest absolute Gasteiger partial charge is 0.495 e. The van der Waals surface area contributed by atoms with E-state index in [1.54, 1.807) is 48.1 Å². The molecule has 126 valence electrons. The molecule has 1 atom stereocenters. The Kier molecular flexibility index (Phi) is 4.78. The summed E-state index contributed by atoms with van der Waals surface area (Å²) in [4.78, 5) is 29.3. The molecule has 7 heteroatoms. The van der Waals surface area contributed by atoms with Crippen molar-refractivity contribution in [2.75, 3.05) is 25.1 Å². The summed E-state index contributed by atoms with van der Waals surface area (Å²) < 4.78 is 5.34. The SMILES string of the molecule is COc1ccc(Cl)cc1N1CCN(C(=O)c2cccs2)C(C)C1=O. The first-order valence-electron chi connectivity index (χ1n) is 7.52. The third-order valence-electron chi connectivity index (χ3n) is 4.08. The van der Waals surface area contributed by atoms with Gasteiger partial charge in [-0.05, 0) is 36.6 Å². The van der Waals surface area contributed by atoms with E-state index in [0.717, 1.165) is 0 Å². The number of carbonyl (C=O) groups excluding carboxylic acids is 2. The predicted octanol–water partition coefficient (Wildman–Crippen LogP) is 3.29. The molecule has 1 aromatic carbocycles. The van der Waals surface area contributed by atoms with Crippen molar-refractivity contribution in [1.29, 1.82) is 0 Å². The van der Waals surface area contributed by atoms with Gasteiger partial charge < -0.3 is 14.5 Å². The molecule has 0 spiro atoms. The highest BCUT2D eigenvalue weighted by Crippen LogP contribution is 2.33. The third kappa shape index (κ3) is 2.99. The molecule has 1 aliphatic heterocycles. The molecule has 1 fully saturated rings. The number of hydrogen-bond donors (Lipinski definition) is 0. The van der Waals surface area contributed by atoms with E-state index in [0.29, 0.717) is 34.4 Å². The number of rotatable bonds is 3. The van der Waals surface area contributed by atoms with E-state index in [9.17, 15) is 9.59 Å². The van der Waals surface area contributed by atoms with Crippen LogP contribution in [0.5, 0.6) is 5.75 Å². The van der Waals surface area contributed by atoms with E-state index in [4.69, 9.17) is 16.3 Å². The smallest absolute Gasteiger partial charge is 0.264 e. The first kappa shape index (κ1) is 16.8. The minimum Gasteiger partial charge on any atom is -0.495 e. The van der Waals surface area contributed by atoms with E-state index in [-0.39, 0.29) is 11.8 Å². The molecule has 0 aliphatic carbocycles. The van der Waals surface area contributed by atoms with Crippen LogP contribution >= 0.6 is 22.9 Å². The van der Waals surface area contributed by atoms with Crippen LogP contribution in [0.3, 0.4) is 0 Å². The lowest BCUT2D eigenvalue weighted by atomic mass is 10.1. The normalized spacial score (nSPS) is 18.0. The van der Waals surface area contributed by atoms with E-state index < -0.39 is 6.04 Å². The summed E-state index contributed by atoms with van der Waals surface area (Å²) in [5, 5.41) is 2.38. The number of nitrogens with zero attached hydrogens (tertiary/aromatic N) is 2. The Balaban J connectivity index is 1.85. The number of piperazine rings is 1. The second-order valence-corrected chi connectivity index (χ2v) is 6.84. The second-order valence-electron chi connectivity index (χ2n) is 5.46. The third-order valence-corrected chi connectivity index (χ3v) is 5.17. The van der Waals surface area contributed by atoms with Gasteiger partial charge in [0.1, 0.15) is 11.8 Å². The molecule has 2 aromatic rings. The molecule has 1 unspecified atom stereocenters. The van der Waals surface area contributed by atoms with Crippen LogP contribution in [0.4, 0.5) is 5.69 Å². The van der Waals surface area contributed by atoms with Gasteiger partial charge in [0.05, 0.1) is 17.7 Å². The fourth-order valence-corrected chi connectivity index (χ4v) is 3.65. The molecule has 0 saturated carbocycles. The van der Waals surface area contributed by atoms with Gasteiger partial charge >= 0.3 is 0 Å². The Morgan fingerprint density at radius 1 is 1.33 bits per heavy atom. The average Bonchev–Trinajstić information content (AvgIpc) is 3.11. The zero-order valence-electron chi connectivity index (χ0n) is 13.4.